The van der Waals surface area contributed by atoms with Crippen LogP contribution < -0.4 is 18.9 Å². The minimum absolute atomic E-state index is 0. The van der Waals surface area contributed by atoms with Crippen LogP contribution in [0.25, 0.3) is 0 Å². The molecule has 0 heterocycles. The zero-order valence-electron chi connectivity index (χ0n) is 3.10. The van der Waals surface area contributed by atoms with Crippen LogP contribution in [0.3, 0.4) is 0 Å². The van der Waals surface area contributed by atoms with Gasteiger partial charge in [-0.25, -0.2) is 0 Å². The van der Waals surface area contributed by atoms with E-state index in [0.29, 0.717) is 0 Å². The first kappa shape index (κ1) is 47.2. The summed E-state index contributed by atoms with van der Waals surface area (Å²) in [6, 6.07) is 0. The normalized spacial score (nSPS) is 0. The summed E-state index contributed by atoms with van der Waals surface area (Å²) in [4.78, 5) is 0. The molecule has 0 spiro atoms. The van der Waals surface area contributed by atoms with E-state index in [1.54, 1.807) is 0 Å². The summed E-state index contributed by atoms with van der Waals surface area (Å²) < 4.78 is 0. The summed E-state index contributed by atoms with van der Waals surface area (Å²) in [6.45, 7) is 0. The Balaban J connectivity index is 0. The first-order valence-electron chi connectivity index (χ1n) is 0. The van der Waals surface area contributed by atoms with Gasteiger partial charge in [-0.15, -0.1) is 0 Å². The van der Waals surface area contributed by atoms with Gasteiger partial charge in [0.1, 0.15) is 0 Å². The minimum atomic E-state index is 0. The molecule has 0 unspecified atom stereocenters. The molecule has 1 nitrogen and oxygen atoms in total. The van der Waals surface area contributed by atoms with Crippen LogP contribution in [0.1, 0.15) is 1.43 Å². The van der Waals surface area contributed by atoms with Crippen LogP contribution in [0.4, 0.5) is 0 Å². The number of rotatable bonds is 0. The molecule has 0 amide bonds. The quantitative estimate of drug-likeness (QED) is 0.319. The largest absolute Gasteiger partial charge is 2.00 e. The second-order valence-electron chi connectivity index (χ2n) is 0. The van der Waals surface area contributed by atoms with Gasteiger partial charge in [-0.05, 0) is 0 Å². The van der Waals surface area contributed by atoms with Gasteiger partial charge < -0.3 is 6.90 Å². The second kappa shape index (κ2) is 23.6. The molecule has 1 radical (unpaired) electrons. The summed E-state index contributed by atoms with van der Waals surface area (Å²) in [7, 11) is 0. The molecule has 0 N–H and O–H groups in total. The molecule has 0 aromatic rings. The molecule has 0 rings (SSSR count). The van der Waals surface area contributed by atoms with Gasteiger partial charge in [0.15, 0.2) is 0 Å². The average molecular weight is 138 g/mol. The van der Waals surface area contributed by atoms with Crippen molar-refractivity contribution < 1.29 is 59.3 Å². The van der Waals surface area contributed by atoms with Crippen LogP contribution in [0.5, 0.6) is 0 Å². The van der Waals surface area contributed by atoms with Crippen molar-refractivity contribution in [3.05, 3.63) is 0 Å². The third-order valence-electron chi connectivity index (χ3n) is 0. The Kier molecular flexibility index (Phi) is 279. The Labute approximate surface area is 59.3 Å². The summed E-state index contributed by atoms with van der Waals surface area (Å²) >= 11 is 0. The molecule has 0 bridgehead atoms. The monoisotopic (exact) mass is 137 g/mol. The fourth-order valence-electron chi connectivity index (χ4n) is 0. The summed E-state index contributed by atoms with van der Waals surface area (Å²) in [5.41, 5.74) is 0. The maximum Gasteiger partial charge on any atom is 2.00 e. The van der Waals surface area contributed by atoms with Gasteiger partial charge in [-0.3, -0.25) is 0 Å². The molecule has 0 atom stereocenters. The van der Waals surface area contributed by atoms with Gasteiger partial charge in [0.05, 0.1) is 0 Å². The van der Waals surface area contributed by atoms with Crippen molar-refractivity contribution in [2.24, 2.45) is 0 Å². The van der Waals surface area contributed by atoms with Gasteiger partial charge in [0, 0.05) is 16.5 Å². The van der Waals surface area contributed by atoms with Crippen molar-refractivity contribution in [1.82, 2.24) is 0 Å². The molecule has 0 saturated carbocycles. The average Bonchev–Trinajstić information content (AvgIpc) is 0. The van der Waals surface area contributed by atoms with Crippen molar-refractivity contribution in [3.8, 4) is 0 Å². The van der Waals surface area contributed by atoms with E-state index in [9.17, 15) is 0 Å². The standard InChI is InChI=1S/Li.Mn.Ni.O.H/q+1;+2;;-2;-1. The molecule has 0 aromatic carbocycles. The third kappa shape index (κ3) is 9.57. The summed E-state index contributed by atoms with van der Waals surface area (Å²) in [6.07, 6.45) is 0. The Bertz CT molecular complexity index is 11.6. The van der Waals surface area contributed by atoms with Crippen LogP contribution in [0, 0.1) is 0 Å². The van der Waals surface area contributed by atoms with Gasteiger partial charge in [0.25, 0.3) is 0 Å². The first-order chi connectivity index (χ1) is 0. The van der Waals surface area contributed by atoms with Crippen LogP contribution in [0.2, 0.25) is 0 Å². The van der Waals surface area contributed by atoms with Gasteiger partial charge in [-0.1, -0.05) is 0 Å². The van der Waals surface area contributed by atoms with E-state index in [-0.39, 0.29) is 59.3 Å². The van der Waals surface area contributed by atoms with Gasteiger partial charge >= 0.3 is 35.9 Å². The Morgan fingerprint density at radius 3 is 1.25 bits per heavy atom. The molecule has 0 saturated heterocycles. The fourth-order valence-corrected chi connectivity index (χ4v) is 0. The van der Waals surface area contributed by atoms with E-state index in [1.165, 1.54) is 0 Å². The van der Waals surface area contributed by atoms with E-state index in [0.717, 1.165) is 0 Å². The molecule has 4 heavy (non-hydrogen) atoms. The van der Waals surface area contributed by atoms with Gasteiger partial charge in [-0.2, -0.15) is 0 Å². The van der Waals surface area contributed by atoms with Crippen molar-refractivity contribution in [2.75, 3.05) is 0 Å². The SMILES string of the molecule is [H-].[Li+].[Mn+2].[Ni].[O-2]. The summed E-state index contributed by atoms with van der Waals surface area (Å²) in [5, 5.41) is 0. The van der Waals surface area contributed by atoms with Crippen LogP contribution in [-0.4, -0.2) is 0 Å². The second-order valence-corrected chi connectivity index (χ2v) is 0. The van der Waals surface area contributed by atoms with Crippen LogP contribution >= 0.6 is 0 Å². The molecule has 0 aliphatic heterocycles. The Hall–Kier alpha value is 1.57. The van der Waals surface area contributed by atoms with E-state index in [1.807, 2.05) is 0 Å². The molecule has 4 heteroatoms. The molecule has 0 aromatic heterocycles. The predicted octanol–water partition coefficient (Wildman–Crippen LogP) is -3.01. The first-order valence-corrected chi connectivity index (χ1v) is 0. The Morgan fingerprint density at radius 2 is 1.25 bits per heavy atom. The van der Waals surface area contributed by atoms with Crippen molar-refractivity contribution in [1.29, 1.82) is 0 Å². The Morgan fingerprint density at radius 1 is 1.25 bits per heavy atom. The van der Waals surface area contributed by atoms with Crippen molar-refractivity contribution in [2.45, 2.75) is 0 Å². The van der Waals surface area contributed by atoms with Crippen LogP contribution in [0.15, 0.2) is 0 Å². The van der Waals surface area contributed by atoms with Crippen LogP contribution in [-0.2, 0) is 39.0 Å². The molecule has 0 aliphatic carbocycles. The van der Waals surface area contributed by atoms with Crippen molar-refractivity contribution >= 4 is 0 Å². The smallest absolute Gasteiger partial charge is 2.00 e. The zero-order valence-corrected chi connectivity index (χ0v) is 4.27. The molecule has 25 valence electrons. The number of hydrogen-bond acceptors (Lipinski definition) is 0. The maximum absolute atomic E-state index is 0. The molecular weight excluding hydrogens is 137 g/mol. The van der Waals surface area contributed by atoms with E-state index in [4.69, 9.17) is 0 Å². The van der Waals surface area contributed by atoms with E-state index in [2.05, 4.69) is 0 Å². The third-order valence-corrected chi connectivity index (χ3v) is 0. The molecule has 0 fully saturated rings. The van der Waals surface area contributed by atoms with E-state index < -0.39 is 0 Å². The predicted molar refractivity (Wildman–Crippen MR) is 1.80 cm³/mol. The fraction of sp³-hybridized carbons (Fsp3) is 0. The topological polar surface area (TPSA) is 28.5 Å². The summed E-state index contributed by atoms with van der Waals surface area (Å²) in [5.74, 6) is 0. The van der Waals surface area contributed by atoms with Crippen molar-refractivity contribution in [3.63, 3.8) is 0 Å². The van der Waals surface area contributed by atoms with Gasteiger partial charge in [0.2, 0.25) is 0 Å². The minimum Gasteiger partial charge on any atom is -2.00 e. The van der Waals surface area contributed by atoms with E-state index >= 15 is 0 Å². The zero-order chi connectivity index (χ0) is 0. The number of hydrogen-bond donors (Lipinski definition) is 0. The molecule has 0 aliphatic rings. The maximum atomic E-state index is 0. The molecular formula is HLiMnNiO.